The molecular formula is C30H46O12. The molecule has 42 heavy (non-hydrogen) atoms. The molecule has 0 aliphatic heterocycles. The molecular weight excluding hydrogens is 552 g/mol. The highest BCUT2D eigenvalue weighted by Crippen LogP contribution is 2.24. The van der Waals surface area contributed by atoms with E-state index in [1.807, 2.05) is 27.7 Å². The first-order valence-electron chi connectivity index (χ1n) is 14.5. The molecule has 0 aliphatic rings. The summed E-state index contributed by atoms with van der Waals surface area (Å²) in [5.41, 5.74) is -1.41. The van der Waals surface area contributed by atoms with E-state index in [4.69, 9.17) is 37.9 Å². The normalized spacial score (nSPS) is 13.9. The predicted octanol–water partition coefficient (Wildman–Crippen LogP) is 5.40. The van der Waals surface area contributed by atoms with E-state index in [-0.39, 0.29) is 22.3 Å². The van der Waals surface area contributed by atoms with Crippen LogP contribution < -0.4 is 0 Å². The molecule has 0 bridgehead atoms. The smallest absolute Gasteiger partial charge is 0.341 e. The van der Waals surface area contributed by atoms with E-state index in [2.05, 4.69) is 0 Å². The Morgan fingerprint density at radius 1 is 0.452 bits per heavy atom. The molecule has 0 aromatic heterocycles. The summed E-state index contributed by atoms with van der Waals surface area (Å²) < 4.78 is 43.1. The Kier molecular flexibility index (Phi) is 17.6. The van der Waals surface area contributed by atoms with Crippen molar-refractivity contribution in [3.05, 3.63) is 34.4 Å². The number of hydrogen-bond donors (Lipinski definition) is 0. The standard InChI is InChI=1S/C30H46O12/c1-9-13-35-19(5)39-27(31)23-17-25(29(33)41-21(7)37-15-11-3)26(30(34)42-22(8)38-16-12-4)18-24(23)28(32)40-20(6)36-14-10-2/h17-22H,9-16H2,1-8H3. The van der Waals surface area contributed by atoms with Crippen molar-refractivity contribution in [1.82, 2.24) is 0 Å². The maximum atomic E-state index is 13.3. The Morgan fingerprint density at radius 3 is 0.810 bits per heavy atom. The van der Waals surface area contributed by atoms with Crippen LogP contribution in [0.2, 0.25) is 0 Å². The van der Waals surface area contributed by atoms with Crippen molar-refractivity contribution >= 4 is 23.9 Å². The van der Waals surface area contributed by atoms with E-state index in [9.17, 15) is 19.2 Å². The zero-order valence-corrected chi connectivity index (χ0v) is 26.0. The Bertz CT molecular complexity index is 854. The van der Waals surface area contributed by atoms with Gasteiger partial charge in [-0.3, -0.25) is 0 Å². The Hall–Kier alpha value is -3.06. The number of ether oxygens (including phenoxy) is 8. The summed E-state index contributed by atoms with van der Waals surface area (Å²) in [4.78, 5) is 53.1. The molecule has 0 aliphatic carbocycles. The Labute approximate surface area is 248 Å². The molecule has 1 aromatic carbocycles. The minimum Gasteiger partial charge on any atom is -0.432 e. The number of carbonyl (C=O) groups is 4. The summed E-state index contributed by atoms with van der Waals surface area (Å²) in [6.45, 7) is 14.9. The van der Waals surface area contributed by atoms with Gasteiger partial charge in [0.1, 0.15) is 0 Å². The summed E-state index contributed by atoms with van der Waals surface area (Å²) in [6, 6.07) is 2.07. The van der Waals surface area contributed by atoms with E-state index in [1.54, 1.807) is 0 Å². The summed E-state index contributed by atoms with van der Waals surface area (Å²) in [5.74, 6) is -3.96. The molecule has 0 heterocycles. The third-order valence-electron chi connectivity index (χ3n) is 5.36. The molecule has 0 amide bonds. The highest BCUT2D eigenvalue weighted by molar-refractivity contribution is 6.10. The average Bonchev–Trinajstić information content (AvgIpc) is 2.95. The maximum Gasteiger partial charge on any atom is 0.341 e. The lowest BCUT2D eigenvalue weighted by atomic mass is 9.97. The average molecular weight is 599 g/mol. The highest BCUT2D eigenvalue weighted by atomic mass is 16.7. The Balaban J connectivity index is 3.64. The van der Waals surface area contributed by atoms with Crippen molar-refractivity contribution in [2.75, 3.05) is 26.4 Å². The predicted molar refractivity (Wildman–Crippen MR) is 151 cm³/mol. The number of carbonyl (C=O) groups excluding carboxylic acids is 4. The second kappa shape index (κ2) is 20.0. The molecule has 238 valence electrons. The van der Waals surface area contributed by atoms with Crippen molar-refractivity contribution in [2.45, 2.75) is 106 Å². The first-order valence-corrected chi connectivity index (χ1v) is 14.5. The molecule has 0 radical (unpaired) electrons. The van der Waals surface area contributed by atoms with Crippen LogP contribution in [0.25, 0.3) is 0 Å². The third kappa shape index (κ3) is 12.8. The van der Waals surface area contributed by atoms with Gasteiger partial charge in [0.25, 0.3) is 0 Å². The lowest BCUT2D eigenvalue weighted by Gasteiger charge is -2.20. The lowest BCUT2D eigenvalue weighted by Crippen LogP contribution is -2.27. The van der Waals surface area contributed by atoms with Crippen molar-refractivity contribution in [3.63, 3.8) is 0 Å². The molecule has 1 rings (SSSR count). The van der Waals surface area contributed by atoms with Gasteiger partial charge in [-0.25, -0.2) is 19.2 Å². The SMILES string of the molecule is CCCOC(C)OC(=O)c1cc(C(=O)OC(C)OCCC)c(C(=O)OC(C)OCCC)cc1C(=O)OC(C)OCCC. The maximum absolute atomic E-state index is 13.3. The quantitative estimate of drug-likeness (QED) is 0.108. The van der Waals surface area contributed by atoms with Gasteiger partial charge < -0.3 is 37.9 Å². The van der Waals surface area contributed by atoms with Crippen molar-refractivity contribution < 1.29 is 57.1 Å². The van der Waals surface area contributed by atoms with Crippen LogP contribution in [0.3, 0.4) is 0 Å². The van der Waals surface area contributed by atoms with Gasteiger partial charge >= 0.3 is 23.9 Å². The second-order valence-electron chi connectivity index (χ2n) is 9.32. The summed E-state index contributed by atoms with van der Waals surface area (Å²) in [6.07, 6.45) is -1.14. The molecule has 12 heteroatoms. The van der Waals surface area contributed by atoms with Crippen molar-refractivity contribution in [3.8, 4) is 0 Å². The van der Waals surface area contributed by atoms with Crippen LogP contribution in [0.15, 0.2) is 12.1 Å². The minimum absolute atomic E-state index is 0.325. The van der Waals surface area contributed by atoms with Crippen LogP contribution in [0, 0.1) is 0 Å². The molecule has 4 unspecified atom stereocenters. The van der Waals surface area contributed by atoms with Crippen LogP contribution in [0.5, 0.6) is 0 Å². The van der Waals surface area contributed by atoms with Gasteiger partial charge in [0.2, 0.25) is 0 Å². The zero-order chi connectivity index (χ0) is 31.7. The fourth-order valence-corrected chi connectivity index (χ4v) is 3.40. The van der Waals surface area contributed by atoms with Gasteiger partial charge in [0.05, 0.1) is 48.7 Å². The van der Waals surface area contributed by atoms with Crippen LogP contribution in [0.1, 0.15) is 123 Å². The van der Waals surface area contributed by atoms with Gasteiger partial charge in [-0.15, -0.1) is 0 Å². The molecule has 0 spiro atoms. The molecule has 0 saturated heterocycles. The van der Waals surface area contributed by atoms with Crippen molar-refractivity contribution in [2.24, 2.45) is 0 Å². The molecule has 4 atom stereocenters. The summed E-state index contributed by atoms with van der Waals surface area (Å²) in [7, 11) is 0. The first kappa shape index (κ1) is 37.0. The number of esters is 4. The fourth-order valence-electron chi connectivity index (χ4n) is 3.40. The highest BCUT2D eigenvalue weighted by Gasteiger charge is 2.31. The zero-order valence-electron chi connectivity index (χ0n) is 26.0. The van der Waals surface area contributed by atoms with Crippen LogP contribution in [-0.4, -0.2) is 75.5 Å². The number of benzene rings is 1. The molecule has 0 N–H and O–H groups in total. The van der Waals surface area contributed by atoms with Gasteiger partial charge in [-0.05, 0) is 65.5 Å². The van der Waals surface area contributed by atoms with Crippen molar-refractivity contribution in [1.29, 1.82) is 0 Å². The molecule has 12 nitrogen and oxygen atoms in total. The van der Waals surface area contributed by atoms with Crippen LogP contribution in [-0.2, 0) is 37.9 Å². The van der Waals surface area contributed by atoms with Gasteiger partial charge in [-0.2, -0.15) is 0 Å². The number of hydrogen-bond acceptors (Lipinski definition) is 12. The van der Waals surface area contributed by atoms with E-state index in [1.165, 1.54) is 27.7 Å². The van der Waals surface area contributed by atoms with E-state index < -0.39 is 49.0 Å². The second-order valence-corrected chi connectivity index (χ2v) is 9.32. The minimum atomic E-state index is -0.989. The van der Waals surface area contributed by atoms with Crippen LogP contribution >= 0.6 is 0 Å². The van der Waals surface area contributed by atoms with Gasteiger partial charge in [0, 0.05) is 0 Å². The third-order valence-corrected chi connectivity index (χ3v) is 5.36. The molecule has 0 fully saturated rings. The number of rotatable bonds is 20. The summed E-state index contributed by atoms with van der Waals surface area (Å²) in [5, 5.41) is 0. The summed E-state index contributed by atoms with van der Waals surface area (Å²) >= 11 is 0. The van der Waals surface area contributed by atoms with E-state index >= 15 is 0 Å². The van der Waals surface area contributed by atoms with Crippen LogP contribution in [0.4, 0.5) is 0 Å². The first-order chi connectivity index (χ1) is 20.0. The molecule has 1 aromatic rings. The fraction of sp³-hybridized carbons (Fsp3) is 0.667. The topological polar surface area (TPSA) is 142 Å². The molecule has 0 saturated carbocycles. The van der Waals surface area contributed by atoms with Gasteiger partial charge in [-0.1, -0.05) is 27.7 Å². The monoisotopic (exact) mass is 598 g/mol. The lowest BCUT2D eigenvalue weighted by molar-refractivity contribution is -0.101. The van der Waals surface area contributed by atoms with E-state index in [0.717, 1.165) is 12.1 Å². The van der Waals surface area contributed by atoms with Gasteiger partial charge in [0.15, 0.2) is 25.2 Å². The van der Waals surface area contributed by atoms with E-state index in [0.29, 0.717) is 52.1 Å². The Morgan fingerprint density at radius 2 is 0.643 bits per heavy atom. The largest absolute Gasteiger partial charge is 0.432 e.